The summed E-state index contributed by atoms with van der Waals surface area (Å²) < 4.78 is 0.998. The molecule has 0 aromatic carbocycles. The molecule has 1 N–H and O–H groups in total. The first-order valence-electron chi connectivity index (χ1n) is 5.99. The maximum Gasteiger partial charge on any atom is 0.129 e. The predicted molar refractivity (Wildman–Crippen MR) is 77.6 cm³/mol. The molecule has 0 saturated heterocycles. The molecular weight excluding hydrogens is 290 g/mol. The highest BCUT2D eigenvalue weighted by Gasteiger charge is 2.04. The van der Waals surface area contributed by atoms with Gasteiger partial charge in [0.15, 0.2) is 0 Å². The molecule has 0 saturated carbocycles. The first-order chi connectivity index (χ1) is 8.70. The van der Waals surface area contributed by atoms with E-state index in [1.807, 2.05) is 19.2 Å². The SMILES string of the molecule is CCc1cccnc1CNc1ncc(Br)cc1C. The third-order valence-electron chi connectivity index (χ3n) is 2.83. The van der Waals surface area contributed by atoms with Crippen molar-refractivity contribution in [2.24, 2.45) is 0 Å². The van der Waals surface area contributed by atoms with E-state index in [9.17, 15) is 0 Å². The minimum Gasteiger partial charge on any atom is -0.364 e. The quantitative estimate of drug-likeness (QED) is 0.935. The molecule has 0 unspecified atom stereocenters. The van der Waals surface area contributed by atoms with Crippen LogP contribution in [0.4, 0.5) is 5.82 Å². The fraction of sp³-hybridized carbons (Fsp3) is 0.286. The van der Waals surface area contributed by atoms with E-state index in [0.29, 0.717) is 6.54 Å². The molecule has 0 bridgehead atoms. The second-order valence-electron chi connectivity index (χ2n) is 4.14. The molecule has 0 aliphatic heterocycles. The van der Waals surface area contributed by atoms with E-state index in [1.54, 1.807) is 6.20 Å². The Bertz CT molecular complexity index is 540. The molecule has 0 atom stereocenters. The van der Waals surface area contributed by atoms with Gasteiger partial charge in [0.2, 0.25) is 0 Å². The van der Waals surface area contributed by atoms with E-state index in [0.717, 1.165) is 28.0 Å². The predicted octanol–water partition coefficient (Wildman–Crippen LogP) is 3.72. The van der Waals surface area contributed by atoms with E-state index >= 15 is 0 Å². The van der Waals surface area contributed by atoms with Crippen LogP contribution in [-0.4, -0.2) is 9.97 Å². The average molecular weight is 306 g/mol. The summed E-state index contributed by atoms with van der Waals surface area (Å²) >= 11 is 3.41. The lowest BCUT2D eigenvalue weighted by atomic mass is 10.1. The van der Waals surface area contributed by atoms with Crippen molar-refractivity contribution in [3.8, 4) is 0 Å². The largest absolute Gasteiger partial charge is 0.364 e. The molecule has 0 amide bonds. The van der Waals surface area contributed by atoms with Crippen LogP contribution < -0.4 is 5.32 Å². The second kappa shape index (κ2) is 5.96. The van der Waals surface area contributed by atoms with Gasteiger partial charge in [0.1, 0.15) is 5.82 Å². The summed E-state index contributed by atoms with van der Waals surface area (Å²) in [6, 6.07) is 6.14. The summed E-state index contributed by atoms with van der Waals surface area (Å²) in [7, 11) is 0. The molecule has 4 heteroatoms. The fourth-order valence-corrected chi connectivity index (χ4v) is 2.29. The molecule has 2 aromatic heterocycles. The Morgan fingerprint density at radius 1 is 1.33 bits per heavy atom. The molecule has 2 heterocycles. The lowest BCUT2D eigenvalue weighted by Gasteiger charge is -2.10. The minimum absolute atomic E-state index is 0.708. The molecular formula is C14H16BrN3. The Balaban J connectivity index is 2.11. The lowest BCUT2D eigenvalue weighted by Crippen LogP contribution is -2.07. The molecule has 3 nitrogen and oxygen atoms in total. The third kappa shape index (κ3) is 3.07. The van der Waals surface area contributed by atoms with E-state index in [-0.39, 0.29) is 0 Å². The van der Waals surface area contributed by atoms with Crippen LogP contribution in [0.2, 0.25) is 0 Å². The molecule has 94 valence electrons. The summed E-state index contributed by atoms with van der Waals surface area (Å²) in [6.07, 6.45) is 4.63. The van der Waals surface area contributed by atoms with Crippen molar-refractivity contribution < 1.29 is 0 Å². The number of nitrogens with zero attached hydrogens (tertiary/aromatic N) is 2. The van der Waals surface area contributed by atoms with Crippen LogP contribution in [-0.2, 0) is 13.0 Å². The molecule has 2 rings (SSSR count). The fourth-order valence-electron chi connectivity index (χ4n) is 1.85. The summed E-state index contributed by atoms with van der Waals surface area (Å²) in [5.74, 6) is 0.908. The van der Waals surface area contributed by atoms with Gasteiger partial charge in [0.05, 0.1) is 12.2 Å². The van der Waals surface area contributed by atoms with Gasteiger partial charge in [-0.25, -0.2) is 4.98 Å². The first kappa shape index (κ1) is 13.0. The molecule has 18 heavy (non-hydrogen) atoms. The average Bonchev–Trinajstić information content (AvgIpc) is 2.38. The number of hydrogen-bond acceptors (Lipinski definition) is 3. The molecule has 0 fully saturated rings. The number of aryl methyl sites for hydroxylation is 2. The summed E-state index contributed by atoms with van der Waals surface area (Å²) in [6.45, 7) is 4.89. The smallest absolute Gasteiger partial charge is 0.129 e. The Morgan fingerprint density at radius 3 is 2.89 bits per heavy atom. The highest BCUT2D eigenvalue weighted by molar-refractivity contribution is 9.10. The van der Waals surface area contributed by atoms with E-state index in [4.69, 9.17) is 0 Å². The zero-order chi connectivity index (χ0) is 13.0. The van der Waals surface area contributed by atoms with Gasteiger partial charge >= 0.3 is 0 Å². The van der Waals surface area contributed by atoms with Gasteiger partial charge in [0.25, 0.3) is 0 Å². The standard InChI is InChI=1S/C14H16BrN3/c1-3-11-5-4-6-16-13(11)9-18-14-10(2)7-12(15)8-17-14/h4-8H,3,9H2,1-2H3,(H,17,18). The normalized spacial score (nSPS) is 10.4. The van der Waals surface area contributed by atoms with Crippen molar-refractivity contribution in [2.75, 3.05) is 5.32 Å². The van der Waals surface area contributed by atoms with Crippen LogP contribution in [0, 0.1) is 6.92 Å². The van der Waals surface area contributed by atoms with Crippen LogP contribution in [0.5, 0.6) is 0 Å². The van der Waals surface area contributed by atoms with Crippen molar-refractivity contribution >= 4 is 21.7 Å². The van der Waals surface area contributed by atoms with E-state index < -0.39 is 0 Å². The van der Waals surface area contributed by atoms with Gasteiger partial charge in [-0.05, 0) is 52.5 Å². The van der Waals surface area contributed by atoms with Gasteiger partial charge in [0, 0.05) is 16.9 Å². The van der Waals surface area contributed by atoms with Gasteiger partial charge in [-0.15, -0.1) is 0 Å². The lowest BCUT2D eigenvalue weighted by molar-refractivity contribution is 0.961. The summed E-state index contributed by atoms with van der Waals surface area (Å²) in [4.78, 5) is 8.77. The molecule has 0 aliphatic carbocycles. The molecule has 0 radical (unpaired) electrons. The van der Waals surface area contributed by atoms with Crippen molar-refractivity contribution in [1.82, 2.24) is 9.97 Å². The van der Waals surface area contributed by atoms with E-state index in [2.05, 4.69) is 50.3 Å². The zero-order valence-electron chi connectivity index (χ0n) is 10.6. The number of anilines is 1. The summed E-state index contributed by atoms with van der Waals surface area (Å²) in [5, 5.41) is 3.34. The second-order valence-corrected chi connectivity index (χ2v) is 5.05. The number of hydrogen-bond donors (Lipinski definition) is 1. The highest BCUT2D eigenvalue weighted by atomic mass is 79.9. The first-order valence-corrected chi connectivity index (χ1v) is 6.78. The maximum atomic E-state index is 4.41. The monoisotopic (exact) mass is 305 g/mol. The topological polar surface area (TPSA) is 37.8 Å². The Labute approximate surface area is 116 Å². The van der Waals surface area contributed by atoms with E-state index in [1.165, 1.54) is 5.56 Å². The Hall–Kier alpha value is -1.42. The van der Waals surface area contributed by atoms with Crippen LogP contribution >= 0.6 is 15.9 Å². The molecule has 0 spiro atoms. The van der Waals surface area contributed by atoms with Crippen molar-refractivity contribution in [1.29, 1.82) is 0 Å². The van der Waals surface area contributed by atoms with Crippen molar-refractivity contribution in [2.45, 2.75) is 26.8 Å². The minimum atomic E-state index is 0.708. The Morgan fingerprint density at radius 2 is 2.17 bits per heavy atom. The number of aromatic nitrogens is 2. The van der Waals surface area contributed by atoms with Crippen LogP contribution in [0.25, 0.3) is 0 Å². The van der Waals surface area contributed by atoms with Gasteiger partial charge in [-0.3, -0.25) is 4.98 Å². The van der Waals surface area contributed by atoms with Crippen LogP contribution in [0.1, 0.15) is 23.7 Å². The number of pyridine rings is 2. The number of halogens is 1. The highest BCUT2D eigenvalue weighted by Crippen LogP contribution is 2.17. The van der Waals surface area contributed by atoms with Crippen LogP contribution in [0.3, 0.4) is 0 Å². The molecule has 2 aromatic rings. The number of rotatable bonds is 4. The van der Waals surface area contributed by atoms with Crippen molar-refractivity contribution in [3.63, 3.8) is 0 Å². The van der Waals surface area contributed by atoms with Crippen LogP contribution in [0.15, 0.2) is 35.1 Å². The van der Waals surface area contributed by atoms with Gasteiger partial charge in [-0.1, -0.05) is 13.0 Å². The van der Waals surface area contributed by atoms with Gasteiger partial charge in [-0.2, -0.15) is 0 Å². The summed E-state index contributed by atoms with van der Waals surface area (Å²) in [5.41, 5.74) is 3.49. The van der Waals surface area contributed by atoms with Gasteiger partial charge < -0.3 is 5.32 Å². The molecule has 0 aliphatic rings. The third-order valence-corrected chi connectivity index (χ3v) is 3.27. The van der Waals surface area contributed by atoms with Crippen molar-refractivity contribution in [3.05, 3.63) is 51.9 Å². The number of nitrogens with one attached hydrogen (secondary N) is 1. The maximum absolute atomic E-state index is 4.41. The zero-order valence-corrected chi connectivity index (χ0v) is 12.2. The Kier molecular flexibility index (Phi) is 4.31.